The van der Waals surface area contributed by atoms with Crippen molar-refractivity contribution < 1.29 is 0 Å². The van der Waals surface area contributed by atoms with E-state index in [1.807, 2.05) is 24.5 Å². The molecule has 0 spiro atoms. The third-order valence-electron chi connectivity index (χ3n) is 7.72. The summed E-state index contributed by atoms with van der Waals surface area (Å²) < 4.78 is 0. The number of pyridine rings is 1. The highest BCUT2D eigenvalue weighted by Crippen LogP contribution is 2.28. The number of fused-ring (bicyclic) bond motifs is 2. The zero-order valence-corrected chi connectivity index (χ0v) is 23.8. The third-order valence-corrected chi connectivity index (χ3v) is 7.72. The highest BCUT2D eigenvalue weighted by molar-refractivity contribution is 5.92. The Morgan fingerprint density at radius 2 is 1.22 bits per heavy atom. The van der Waals surface area contributed by atoms with Gasteiger partial charge in [0.2, 0.25) is 0 Å². The maximum Gasteiger partial charge on any atom is 0.137 e. The molecule has 9 nitrogen and oxygen atoms in total. The molecule has 0 unspecified atom stereocenters. The number of benzene rings is 2. The molecule has 4 heterocycles. The van der Waals surface area contributed by atoms with E-state index in [9.17, 15) is 0 Å². The Balaban J connectivity index is 1.09. The highest BCUT2D eigenvalue weighted by Gasteiger charge is 2.19. The first-order valence-corrected chi connectivity index (χ1v) is 14.5. The van der Waals surface area contributed by atoms with E-state index in [0.717, 1.165) is 85.6 Å². The van der Waals surface area contributed by atoms with Crippen molar-refractivity contribution in [1.82, 2.24) is 24.9 Å². The second kappa shape index (κ2) is 12.3. The van der Waals surface area contributed by atoms with Gasteiger partial charge in [-0.1, -0.05) is 13.8 Å². The van der Waals surface area contributed by atoms with Crippen molar-refractivity contribution in [3.63, 3.8) is 0 Å². The molecular weight excluding hydrogens is 510 g/mol. The van der Waals surface area contributed by atoms with E-state index in [4.69, 9.17) is 0 Å². The molecule has 0 amide bonds. The smallest absolute Gasteiger partial charge is 0.137 e. The van der Waals surface area contributed by atoms with Gasteiger partial charge >= 0.3 is 0 Å². The summed E-state index contributed by atoms with van der Waals surface area (Å²) in [6.07, 6.45) is 8.99. The second-order valence-electron chi connectivity index (χ2n) is 11.0. The van der Waals surface area contributed by atoms with Crippen LogP contribution in [-0.4, -0.2) is 64.2 Å². The van der Waals surface area contributed by atoms with Crippen LogP contribution in [0.2, 0.25) is 0 Å². The predicted molar refractivity (Wildman–Crippen MR) is 168 cm³/mol. The molecular formula is C32H37N9. The topological polar surface area (TPSA) is 95.0 Å². The number of hydrogen-bond acceptors (Lipinski definition) is 9. The Morgan fingerprint density at radius 3 is 1.76 bits per heavy atom. The lowest BCUT2D eigenvalue weighted by molar-refractivity contribution is 0.607. The molecule has 5 aromatic rings. The number of hydrogen-bond donors (Lipinski definition) is 2. The maximum atomic E-state index is 4.58. The number of anilines is 4. The minimum Gasteiger partial charge on any atom is -0.369 e. The predicted octanol–water partition coefficient (Wildman–Crippen LogP) is 5.41. The van der Waals surface area contributed by atoms with Crippen LogP contribution in [0, 0.1) is 5.92 Å². The first-order chi connectivity index (χ1) is 20.1. The van der Waals surface area contributed by atoms with Gasteiger partial charge in [0, 0.05) is 73.8 Å². The summed E-state index contributed by atoms with van der Waals surface area (Å²) in [5.41, 5.74) is 5.59. The molecule has 210 valence electrons. The SMILES string of the molecule is CC(C)CCNc1ncnc2cc(N3CCN(c4ccc5c(NCCc6ccncc6)ncnc5c4)CC3)ccc12. The zero-order chi connectivity index (χ0) is 28.0. The molecule has 0 atom stereocenters. The Morgan fingerprint density at radius 1 is 0.683 bits per heavy atom. The Hall–Kier alpha value is -4.53. The fourth-order valence-electron chi connectivity index (χ4n) is 5.34. The van der Waals surface area contributed by atoms with Crippen LogP contribution in [-0.2, 0) is 6.42 Å². The monoisotopic (exact) mass is 547 g/mol. The molecule has 0 saturated carbocycles. The average molecular weight is 548 g/mol. The summed E-state index contributed by atoms with van der Waals surface area (Å²) in [5, 5.41) is 9.09. The van der Waals surface area contributed by atoms with E-state index in [1.165, 1.54) is 16.9 Å². The summed E-state index contributed by atoms with van der Waals surface area (Å²) in [6.45, 7) is 9.96. The molecule has 0 radical (unpaired) electrons. The largest absolute Gasteiger partial charge is 0.369 e. The van der Waals surface area contributed by atoms with E-state index in [2.05, 4.69) is 95.6 Å². The Labute approximate surface area is 241 Å². The van der Waals surface area contributed by atoms with Gasteiger partial charge in [0.25, 0.3) is 0 Å². The van der Waals surface area contributed by atoms with Gasteiger partial charge in [-0.2, -0.15) is 0 Å². The van der Waals surface area contributed by atoms with E-state index in [0.29, 0.717) is 5.92 Å². The normalized spacial score (nSPS) is 13.7. The molecule has 3 aromatic heterocycles. The van der Waals surface area contributed by atoms with Gasteiger partial charge < -0.3 is 20.4 Å². The van der Waals surface area contributed by atoms with Crippen LogP contribution >= 0.6 is 0 Å². The maximum absolute atomic E-state index is 4.58. The quantitative estimate of drug-likeness (QED) is 0.238. The van der Waals surface area contributed by atoms with Crippen LogP contribution in [0.15, 0.2) is 73.6 Å². The van der Waals surface area contributed by atoms with Crippen molar-refractivity contribution in [3.8, 4) is 0 Å². The number of aromatic nitrogens is 5. The van der Waals surface area contributed by atoms with Gasteiger partial charge in [0.15, 0.2) is 0 Å². The van der Waals surface area contributed by atoms with Crippen LogP contribution in [0.25, 0.3) is 21.8 Å². The summed E-state index contributed by atoms with van der Waals surface area (Å²) in [4.78, 5) is 27.1. The molecule has 1 fully saturated rings. The van der Waals surface area contributed by atoms with Crippen molar-refractivity contribution in [2.45, 2.75) is 26.7 Å². The van der Waals surface area contributed by atoms with Crippen LogP contribution in [0.5, 0.6) is 0 Å². The Bertz CT molecular complexity index is 1600. The van der Waals surface area contributed by atoms with Crippen molar-refractivity contribution in [2.75, 3.05) is 59.7 Å². The van der Waals surface area contributed by atoms with Gasteiger partial charge in [-0.15, -0.1) is 0 Å². The number of nitrogens with zero attached hydrogens (tertiary/aromatic N) is 7. The molecule has 0 bridgehead atoms. The van der Waals surface area contributed by atoms with Crippen LogP contribution < -0.4 is 20.4 Å². The first kappa shape index (κ1) is 26.7. The minimum absolute atomic E-state index is 0.659. The van der Waals surface area contributed by atoms with Crippen molar-refractivity contribution >= 4 is 44.8 Å². The lowest BCUT2D eigenvalue weighted by Crippen LogP contribution is -2.46. The molecule has 6 rings (SSSR count). The van der Waals surface area contributed by atoms with Crippen LogP contribution in [0.4, 0.5) is 23.0 Å². The van der Waals surface area contributed by atoms with Gasteiger partial charge in [-0.3, -0.25) is 4.98 Å². The van der Waals surface area contributed by atoms with E-state index >= 15 is 0 Å². The van der Waals surface area contributed by atoms with Crippen LogP contribution in [0.1, 0.15) is 25.8 Å². The van der Waals surface area contributed by atoms with Gasteiger partial charge in [0.05, 0.1) is 11.0 Å². The van der Waals surface area contributed by atoms with Crippen LogP contribution in [0.3, 0.4) is 0 Å². The van der Waals surface area contributed by atoms with Crippen molar-refractivity contribution in [1.29, 1.82) is 0 Å². The average Bonchev–Trinajstić information content (AvgIpc) is 3.01. The first-order valence-electron chi connectivity index (χ1n) is 14.5. The highest BCUT2D eigenvalue weighted by atomic mass is 15.3. The lowest BCUT2D eigenvalue weighted by atomic mass is 10.1. The number of piperazine rings is 1. The second-order valence-corrected chi connectivity index (χ2v) is 11.0. The number of rotatable bonds is 10. The van der Waals surface area contributed by atoms with Gasteiger partial charge in [-0.25, -0.2) is 19.9 Å². The fraction of sp³-hybridized carbons (Fsp3) is 0.344. The number of nitrogens with one attached hydrogen (secondary N) is 2. The molecule has 2 aromatic carbocycles. The molecule has 1 aliphatic heterocycles. The van der Waals surface area contributed by atoms with E-state index < -0.39 is 0 Å². The summed E-state index contributed by atoms with van der Waals surface area (Å²) in [7, 11) is 0. The standard InChI is InChI=1S/C32H37N9/c1-23(2)7-13-34-31-27-5-3-25(19-29(27)36-21-38-31)40-15-17-41(18-16-40)26-4-6-28-30(20-26)37-22-39-32(28)35-14-10-24-8-11-33-12-9-24/h3-6,8-9,11-12,19-23H,7,10,13-18H2,1-2H3,(H,34,36,38)(H,35,37,39). The zero-order valence-electron chi connectivity index (χ0n) is 23.8. The lowest BCUT2D eigenvalue weighted by Gasteiger charge is -2.37. The molecule has 2 N–H and O–H groups in total. The molecule has 9 heteroatoms. The molecule has 41 heavy (non-hydrogen) atoms. The summed E-state index contributed by atoms with van der Waals surface area (Å²) in [6, 6.07) is 17.1. The Kier molecular flexibility index (Phi) is 8.02. The fourth-order valence-corrected chi connectivity index (χ4v) is 5.34. The van der Waals surface area contributed by atoms with Gasteiger partial charge in [0.1, 0.15) is 24.3 Å². The van der Waals surface area contributed by atoms with Crippen molar-refractivity contribution in [3.05, 3.63) is 79.1 Å². The van der Waals surface area contributed by atoms with Gasteiger partial charge in [-0.05, 0) is 72.9 Å². The van der Waals surface area contributed by atoms with Crippen molar-refractivity contribution in [2.24, 2.45) is 5.92 Å². The van der Waals surface area contributed by atoms with E-state index in [1.54, 1.807) is 12.7 Å². The minimum atomic E-state index is 0.659. The molecule has 1 aliphatic rings. The summed E-state index contributed by atoms with van der Waals surface area (Å²) >= 11 is 0. The summed E-state index contributed by atoms with van der Waals surface area (Å²) in [5.74, 6) is 2.45. The van der Waals surface area contributed by atoms with E-state index in [-0.39, 0.29) is 0 Å². The molecule has 0 aliphatic carbocycles. The molecule has 1 saturated heterocycles. The third kappa shape index (κ3) is 6.29.